The van der Waals surface area contributed by atoms with Crippen LogP contribution < -0.4 is 10.6 Å². The first-order chi connectivity index (χ1) is 12.1. The second-order valence-electron chi connectivity index (χ2n) is 4.88. The van der Waals surface area contributed by atoms with Crippen LogP contribution >= 0.6 is 0 Å². The molecule has 0 radical (unpaired) electrons. The van der Waals surface area contributed by atoms with E-state index in [0.717, 1.165) is 0 Å². The van der Waals surface area contributed by atoms with E-state index in [1.165, 1.54) is 12.3 Å². The van der Waals surface area contributed by atoms with Crippen molar-refractivity contribution < 1.29 is 23.5 Å². The first-order valence-corrected chi connectivity index (χ1v) is 7.65. The van der Waals surface area contributed by atoms with Gasteiger partial charge in [-0.2, -0.15) is 0 Å². The van der Waals surface area contributed by atoms with Crippen LogP contribution in [0.4, 0.5) is 0 Å². The maximum Gasteiger partial charge on any atom is 0.325 e. The van der Waals surface area contributed by atoms with Gasteiger partial charge >= 0.3 is 5.97 Å². The van der Waals surface area contributed by atoms with Gasteiger partial charge in [-0.15, -0.1) is 0 Å². The van der Waals surface area contributed by atoms with Gasteiger partial charge in [-0.25, -0.2) is 0 Å². The Hall–Kier alpha value is -3.35. The molecule has 0 atom stereocenters. The number of amides is 2. The molecule has 1 heterocycles. The summed E-state index contributed by atoms with van der Waals surface area (Å²) in [5, 5.41) is 4.92. The lowest BCUT2D eigenvalue weighted by molar-refractivity contribution is -0.143. The zero-order valence-corrected chi connectivity index (χ0v) is 13.7. The van der Waals surface area contributed by atoms with Gasteiger partial charge in [0, 0.05) is 11.6 Å². The molecule has 0 aliphatic rings. The van der Waals surface area contributed by atoms with Gasteiger partial charge in [-0.05, 0) is 31.2 Å². The molecule has 2 rings (SSSR count). The number of carbonyl (C=O) groups excluding carboxylic acids is 3. The van der Waals surface area contributed by atoms with Gasteiger partial charge in [0.1, 0.15) is 18.0 Å². The Kier molecular flexibility index (Phi) is 6.53. The first kappa shape index (κ1) is 18.0. The molecule has 0 saturated heterocycles. The Labute approximate surface area is 144 Å². The number of nitrogens with one attached hydrogen (secondary N) is 2. The van der Waals surface area contributed by atoms with Gasteiger partial charge in [0.05, 0.1) is 12.9 Å². The number of hydrogen-bond acceptors (Lipinski definition) is 5. The van der Waals surface area contributed by atoms with Crippen molar-refractivity contribution in [3.8, 4) is 0 Å². The molecule has 25 heavy (non-hydrogen) atoms. The van der Waals surface area contributed by atoms with Gasteiger partial charge in [0.15, 0.2) is 0 Å². The summed E-state index contributed by atoms with van der Waals surface area (Å²) in [5.74, 6) is -1.27. The quantitative estimate of drug-likeness (QED) is 0.590. The van der Waals surface area contributed by atoms with Crippen molar-refractivity contribution in [3.63, 3.8) is 0 Å². The Balaban J connectivity index is 2.12. The molecule has 7 nitrogen and oxygen atoms in total. The summed E-state index contributed by atoms with van der Waals surface area (Å²) in [6, 6.07) is 11.7. The molecule has 2 amide bonds. The SMILES string of the molecule is CCOC(=O)CNC(=O)/C(=C/c1ccco1)NC(=O)c1ccccc1. The molecule has 1 aromatic heterocycles. The predicted molar refractivity (Wildman–Crippen MR) is 90.2 cm³/mol. The summed E-state index contributed by atoms with van der Waals surface area (Å²) in [5.41, 5.74) is 0.346. The van der Waals surface area contributed by atoms with Crippen LogP contribution in [0.15, 0.2) is 58.8 Å². The fourth-order valence-corrected chi connectivity index (χ4v) is 1.92. The van der Waals surface area contributed by atoms with Gasteiger partial charge in [-0.3, -0.25) is 14.4 Å². The van der Waals surface area contributed by atoms with Crippen LogP contribution in [-0.2, 0) is 14.3 Å². The molecule has 0 saturated carbocycles. The summed E-state index contributed by atoms with van der Waals surface area (Å²) in [6.07, 6.45) is 2.82. The third-order valence-corrected chi connectivity index (χ3v) is 3.06. The van der Waals surface area contributed by atoms with Gasteiger partial charge in [-0.1, -0.05) is 18.2 Å². The normalized spacial score (nSPS) is 10.8. The molecule has 7 heteroatoms. The third-order valence-electron chi connectivity index (χ3n) is 3.06. The minimum Gasteiger partial charge on any atom is -0.465 e. The molecular weight excluding hydrogens is 324 g/mol. The second kappa shape index (κ2) is 9.07. The van der Waals surface area contributed by atoms with Crippen LogP contribution in [0.5, 0.6) is 0 Å². The molecule has 0 spiro atoms. The zero-order valence-electron chi connectivity index (χ0n) is 13.7. The number of benzene rings is 1. The fourth-order valence-electron chi connectivity index (χ4n) is 1.92. The molecule has 0 aliphatic heterocycles. The van der Waals surface area contributed by atoms with E-state index in [4.69, 9.17) is 9.15 Å². The molecule has 2 N–H and O–H groups in total. The van der Waals surface area contributed by atoms with Crippen molar-refractivity contribution in [2.75, 3.05) is 13.2 Å². The van der Waals surface area contributed by atoms with Crippen LogP contribution in [-0.4, -0.2) is 30.9 Å². The minimum absolute atomic E-state index is 0.0481. The van der Waals surface area contributed by atoms with Crippen molar-refractivity contribution in [1.82, 2.24) is 10.6 Å². The molecule has 130 valence electrons. The van der Waals surface area contributed by atoms with Crippen LogP contribution in [0, 0.1) is 0 Å². The zero-order chi connectivity index (χ0) is 18.1. The van der Waals surface area contributed by atoms with Crippen molar-refractivity contribution in [1.29, 1.82) is 0 Å². The third kappa shape index (κ3) is 5.65. The van der Waals surface area contributed by atoms with Crippen molar-refractivity contribution in [3.05, 3.63) is 65.7 Å². The summed E-state index contributed by atoms with van der Waals surface area (Å²) >= 11 is 0. The summed E-state index contributed by atoms with van der Waals surface area (Å²) in [6.45, 7) is 1.58. The standard InChI is InChI=1S/C18H18N2O5/c1-2-24-16(21)12-19-18(23)15(11-14-9-6-10-25-14)20-17(22)13-7-4-3-5-8-13/h3-11H,2,12H2,1H3,(H,19,23)(H,20,22)/b15-11-. The van der Waals surface area contributed by atoms with Crippen LogP contribution in [0.3, 0.4) is 0 Å². The van der Waals surface area contributed by atoms with Gasteiger partial charge < -0.3 is 19.8 Å². The van der Waals surface area contributed by atoms with Crippen molar-refractivity contribution in [2.45, 2.75) is 6.92 Å². The fraction of sp³-hybridized carbons (Fsp3) is 0.167. The molecule has 0 bridgehead atoms. The van der Waals surface area contributed by atoms with Crippen molar-refractivity contribution >= 4 is 23.9 Å². The van der Waals surface area contributed by atoms with Crippen LogP contribution in [0.2, 0.25) is 0 Å². The smallest absolute Gasteiger partial charge is 0.325 e. The Bertz CT molecular complexity index is 751. The average Bonchev–Trinajstić information content (AvgIpc) is 3.13. The highest BCUT2D eigenvalue weighted by Crippen LogP contribution is 2.07. The van der Waals surface area contributed by atoms with E-state index in [1.807, 2.05) is 0 Å². The molecule has 0 fully saturated rings. The predicted octanol–water partition coefficient (Wildman–Crippen LogP) is 1.73. The molecule has 0 aliphatic carbocycles. The van der Waals surface area contributed by atoms with E-state index < -0.39 is 17.8 Å². The van der Waals surface area contributed by atoms with Gasteiger partial charge in [0.2, 0.25) is 0 Å². The highest BCUT2D eigenvalue weighted by molar-refractivity contribution is 6.05. The maximum absolute atomic E-state index is 12.3. The molecular formula is C18H18N2O5. The summed E-state index contributed by atoms with van der Waals surface area (Å²) < 4.78 is 9.92. The Morgan fingerprint density at radius 2 is 1.88 bits per heavy atom. The Morgan fingerprint density at radius 3 is 2.52 bits per heavy atom. The number of ether oxygens (including phenoxy) is 1. The first-order valence-electron chi connectivity index (χ1n) is 7.65. The number of carbonyl (C=O) groups is 3. The summed E-state index contributed by atoms with van der Waals surface area (Å²) in [7, 11) is 0. The van der Waals surface area contributed by atoms with E-state index >= 15 is 0 Å². The van der Waals surface area contributed by atoms with Crippen LogP contribution in [0.1, 0.15) is 23.0 Å². The van der Waals surface area contributed by atoms with E-state index in [0.29, 0.717) is 11.3 Å². The highest BCUT2D eigenvalue weighted by Gasteiger charge is 2.16. The lowest BCUT2D eigenvalue weighted by Crippen LogP contribution is -2.37. The minimum atomic E-state index is -0.631. The van der Waals surface area contributed by atoms with E-state index in [2.05, 4.69) is 10.6 Å². The maximum atomic E-state index is 12.3. The lowest BCUT2D eigenvalue weighted by atomic mass is 10.2. The summed E-state index contributed by atoms with van der Waals surface area (Å²) in [4.78, 5) is 35.9. The topological polar surface area (TPSA) is 97.6 Å². The molecule has 0 unspecified atom stereocenters. The van der Waals surface area contributed by atoms with E-state index in [1.54, 1.807) is 49.4 Å². The van der Waals surface area contributed by atoms with E-state index in [9.17, 15) is 14.4 Å². The second-order valence-corrected chi connectivity index (χ2v) is 4.88. The molecule has 2 aromatic rings. The van der Waals surface area contributed by atoms with E-state index in [-0.39, 0.29) is 18.8 Å². The number of furan rings is 1. The number of rotatable bonds is 7. The number of hydrogen-bond donors (Lipinski definition) is 2. The highest BCUT2D eigenvalue weighted by atomic mass is 16.5. The van der Waals surface area contributed by atoms with Crippen LogP contribution in [0.25, 0.3) is 6.08 Å². The lowest BCUT2D eigenvalue weighted by Gasteiger charge is -2.10. The largest absolute Gasteiger partial charge is 0.465 e. The average molecular weight is 342 g/mol. The van der Waals surface area contributed by atoms with Crippen molar-refractivity contribution in [2.24, 2.45) is 0 Å². The number of esters is 1. The molecule has 1 aromatic carbocycles. The monoisotopic (exact) mass is 342 g/mol. The van der Waals surface area contributed by atoms with Gasteiger partial charge in [0.25, 0.3) is 11.8 Å². The Morgan fingerprint density at radius 1 is 1.12 bits per heavy atom.